The number of carbonyl (C=O) groups excluding carboxylic acids is 1. The van der Waals surface area contributed by atoms with E-state index in [1.54, 1.807) is 6.92 Å². The van der Waals surface area contributed by atoms with Crippen LogP contribution < -0.4 is 0 Å². The highest BCUT2D eigenvalue weighted by atomic mass is 16.1. The normalized spacial score (nSPS) is 10.6. The second kappa shape index (κ2) is 4.35. The third kappa shape index (κ3) is 2.05. The molecular formula is C12H15N3O. The number of nitrogens with zero attached hydrogens (tertiary/aromatic N) is 3. The SMILES string of the molecule is CCn1cncc1Cn1ccc(C(C)=O)c1. The zero-order valence-electron chi connectivity index (χ0n) is 9.55. The van der Waals surface area contributed by atoms with E-state index in [0.29, 0.717) is 0 Å². The zero-order valence-corrected chi connectivity index (χ0v) is 9.55. The minimum absolute atomic E-state index is 0.0998. The maximum atomic E-state index is 11.2. The highest BCUT2D eigenvalue weighted by Crippen LogP contribution is 2.07. The molecule has 0 saturated heterocycles. The third-order valence-electron chi connectivity index (χ3n) is 2.64. The van der Waals surface area contributed by atoms with Crippen LogP contribution in [0.1, 0.15) is 29.9 Å². The lowest BCUT2D eigenvalue weighted by molar-refractivity contribution is 0.101. The maximum Gasteiger partial charge on any atom is 0.161 e. The number of aromatic nitrogens is 3. The van der Waals surface area contributed by atoms with Crippen LogP contribution in [0.5, 0.6) is 0 Å². The molecule has 0 spiro atoms. The summed E-state index contributed by atoms with van der Waals surface area (Å²) in [6.45, 7) is 5.33. The summed E-state index contributed by atoms with van der Waals surface area (Å²) in [6, 6.07) is 1.84. The van der Waals surface area contributed by atoms with Crippen LogP contribution in [-0.2, 0) is 13.1 Å². The van der Waals surface area contributed by atoms with Crippen molar-refractivity contribution in [3.8, 4) is 0 Å². The molecule has 0 N–H and O–H groups in total. The number of Topliss-reactive ketones (excluding diaryl/α,β-unsaturated/α-hetero) is 1. The van der Waals surface area contributed by atoms with Crippen molar-refractivity contribution in [3.05, 3.63) is 42.2 Å². The van der Waals surface area contributed by atoms with Crippen LogP contribution in [0.25, 0.3) is 0 Å². The van der Waals surface area contributed by atoms with E-state index in [2.05, 4.69) is 16.5 Å². The molecule has 16 heavy (non-hydrogen) atoms. The largest absolute Gasteiger partial charge is 0.348 e. The molecule has 4 heteroatoms. The fraction of sp³-hybridized carbons (Fsp3) is 0.333. The topological polar surface area (TPSA) is 39.8 Å². The summed E-state index contributed by atoms with van der Waals surface area (Å²) in [5.74, 6) is 0.0998. The molecule has 2 heterocycles. The van der Waals surface area contributed by atoms with Gasteiger partial charge >= 0.3 is 0 Å². The summed E-state index contributed by atoms with van der Waals surface area (Å²) in [5, 5.41) is 0. The molecule has 0 fully saturated rings. The molecule has 4 nitrogen and oxygen atoms in total. The van der Waals surface area contributed by atoms with Crippen molar-refractivity contribution < 1.29 is 4.79 Å². The number of aryl methyl sites for hydroxylation is 1. The van der Waals surface area contributed by atoms with Crippen molar-refractivity contribution in [2.24, 2.45) is 0 Å². The van der Waals surface area contributed by atoms with Gasteiger partial charge in [-0.15, -0.1) is 0 Å². The van der Waals surface area contributed by atoms with E-state index in [1.165, 1.54) is 0 Å². The number of hydrogen-bond acceptors (Lipinski definition) is 2. The average Bonchev–Trinajstić information content (AvgIpc) is 2.87. The molecule has 0 aromatic carbocycles. The van der Waals surface area contributed by atoms with Gasteiger partial charge < -0.3 is 9.13 Å². The van der Waals surface area contributed by atoms with Crippen LogP contribution in [0.4, 0.5) is 0 Å². The Morgan fingerprint density at radius 1 is 1.50 bits per heavy atom. The van der Waals surface area contributed by atoms with E-state index in [-0.39, 0.29) is 5.78 Å². The summed E-state index contributed by atoms with van der Waals surface area (Å²) in [6.07, 6.45) is 7.47. The van der Waals surface area contributed by atoms with Crippen LogP contribution in [0, 0.1) is 0 Å². The van der Waals surface area contributed by atoms with Crippen LogP contribution in [0.2, 0.25) is 0 Å². The molecule has 0 radical (unpaired) electrons. The molecule has 0 aliphatic rings. The van der Waals surface area contributed by atoms with Crippen molar-refractivity contribution >= 4 is 5.78 Å². The summed E-state index contributed by atoms with van der Waals surface area (Å²) in [7, 11) is 0. The highest BCUT2D eigenvalue weighted by Gasteiger charge is 2.04. The van der Waals surface area contributed by atoms with E-state index in [9.17, 15) is 4.79 Å². The summed E-state index contributed by atoms with van der Waals surface area (Å²) < 4.78 is 4.09. The van der Waals surface area contributed by atoms with Gasteiger partial charge in [0.15, 0.2) is 5.78 Å². The molecule has 0 amide bonds. The molecule has 0 unspecified atom stereocenters. The minimum atomic E-state index is 0.0998. The first kappa shape index (κ1) is 10.7. The minimum Gasteiger partial charge on any atom is -0.348 e. The van der Waals surface area contributed by atoms with Crippen LogP contribution >= 0.6 is 0 Å². The molecule has 0 aliphatic heterocycles. The van der Waals surface area contributed by atoms with Crippen LogP contribution in [0.3, 0.4) is 0 Å². The van der Waals surface area contributed by atoms with E-state index >= 15 is 0 Å². The molecule has 2 rings (SSSR count). The second-order valence-corrected chi connectivity index (χ2v) is 3.80. The standard InChI is InChI=1S/C12H15N3O/c1-3-15-9-13-6-12(15)8-14-5-4-11(7-14)10(2)16/h4-7,9H,3,8H2,1-2H3. The van der Waals surface area contributed by atoms with E-state index in [1.807, 2.05) is 35.6 Å². The summed E-state index contributed by atoms with van der Waals surface area (Å²) in [4.78, 5) is 15.3. The molecule has 2 aromatic rings. The smallest absolute Gasteiger partial charge is 0.161 e. The number of rotatable bonds is 4. The highest BCUT2D eigenvalue weighted by molar-refractivity contribution is 5.93. The molecule has 0 bridgehead atoms. The Morgan fingerprint density at radius 3 is 2.94 bits per heavy atom. The molecule has 84 valence electrons. The Labute approximate surface area is 94.5 Å². The molecule has 2 aromatic heterocycles. The molecule has 0 aliphatic carbocycles. The first-order valence-electron chi connectivity index (χ1n) is 5.36. The van der Waals surface area contributed by atoms with Gasteiger partial charge in [-0.3, -0.25) is 4.79 Å². The molecule has 0 atom stereocenters. The van der Waals surface area contributed by atoms with Crippen LogP contribution in [-0.4, -0.2) is 19.9 Å². The predicted molar refractivity (Wildman–Crippen MR) is 61.4 cm³/mol. The Bertz CT molecular complexity index is 496. The monoisotopic (exact) mass is 217 g/mol. The van der Waals surface area contributed by atoms with Gasteiger partial charge in [-0.25, -0.2) is 4.98 Å². The lowest BCUT2D eigenvalue weighted by Gasteiger charge is -2.05. The van der Waals surface area contributed by atoms with Gasteiger partial charge in [-0.1, -0.05) is 0 Å². The van der Waals surface area contributed by atoms with Gasteiger partial charge in [0.05, 0.1) is 18.6 Å². The van der Waals surface area contributed by atoms with Gasteiger partial charge in [0.1, 0.15) is 0 Å². The Hall–Kier alpha value is -1.84. The maximum absolute atomic E-state index is 11.2. The fourth-order valence-electron chi connectivity index (χ4n) is 1.70. The van der Waals surface area contributed by atoms with E-state index in [0.717, 1.165) is 24.3 Å². The lowest BCUT2D eigenvalue weighted by atomic mass is 10.2. The zero-order chi connectivity index (χ0) is 11.5. The van der Waals surface area contributed by atoms with Crippen molar-refractivity contribution in [1.82, 2.24) is 14.1 Å². The van der Waals surface area contributed by atoms with Gasteiger partial charge in [0.25, 0.3) is 0 Å². The van der Waals surface area contributed by atoms with Gasteiger partial charge in [0.2, 0.25) is 0 Å². The van der Waals surface area contributed by atoms with Crippen molar-refractivity contribution in [3.63, 3.8) is 0 Å². The molecule has 0 saturated carbocycles. The van der Waals surface area contributed by atoms with Gasteiger partial charge in [-0.2, -0.15) is 0 Å². The number of ketones is 1. The molecular weight excluding hydrogens is 202 g/mol. The first-order chi connectivity index (χ1) is 7.70. The first-order valence-corrected chi connectivity index (χ1v) is 5.36. The Balaban J connectivity index is 2.17. The number of imidazole rings is 1. The van der Waals surface area contributed by atoms with E-state index in [4.69, 9.17) is 0 Å². The number of carbonyl (C=O) groups is 1. The van der Waals surface area contributed by atoms with Crippen molar-refractivity contribution in [1.29, 1.82) is 0 Å². The second-order valence-electron chi connectivity index (χ2n) is 3.80. The Kier molecular flexibility index (Phi) is 2.90. The lowest BCUT2D eigenvalue weighted by Crippen LogP contribution is -2.04. The average molecular weight is 217 g/mol. The van der Waals surface area contributed by atoms with Crippen LogP contribution in [0.15, 0.2) is 31.0 Å². The van der Waals surface area contributed by atoms with Gasteiger partial charge in [0, 0.05) is 30.7 Å². The fourth-order valence-corrected chi connectivity index (χ4v) is 1.70. The Morgan fingerprint density at radius 2 is 2.31 bits per heavy atom. The van der Waals surface area contributed by atoms with Gasteiger partial charge in [-0.05, 0) is 19.9 Å². The predicted octanol–water partition coefficient (Wildman–Crippen LogP) is 1.96. The van der Waals surface area contributed by atoms with Crippen molar-refractivity contribution in [2.75, 3.05) is 0 Å². The quantitative estimate of drug-likeness (QED) is 0.734. The summed E-state index contributed by atoms with van der Waals surface area (Å²) >= 11 is 0. The number of hydrogen-bond donors (Lipinski definition) is 0. The third-order valence-corrected chi connectivity index (χ3v) is 2.64. The van der Waals surface area contributed by atoms with Crippen molar-refractivity contribution in [2.45, 2.75) is 26.9 Å². The van der Waals surface area contributed by atoms with E-state index < -0.39 is 0 Å². The summed E-state index contributed by atoms with van der Waals surface area (Å²) in [5.41, 5.74) is 1.90.